The Kier molecular flexibility index (Phi) is 17.6. The molecule has 2 aliphatic heterocycles. The molecule has 0 amide bonds. The maximum absolute atomic E-state index is 2.72. The highest BCUT2D eigenvalue weighted by atomic mass is 15.2. The van der Waals surface area contributed by atoms with Crippen molar-refractivity contribution in [1.29, 1.82) is 0 Å². The van der Waals surface area contributed by atoms with Gasteiger partial charge in [0.15, 0.2) is 0 Å². The maximum atomic E-state index is 2.72. The molecular formula is C117H97BN4. The van der Waals surface area contributed by atoms with Crippen LogP contribution in [0.5, 0.6) is 0 Å². The minimum Gasteiger partial charge on any atom is -0.310 e. The SMILES string of the molecule is CC1=CC2=C(N(c3ccccc3)c3ccc4c(c3)N(c3c(-c5ccccc5)cccc3-c3ccccc3)c3cc(-c5ccccc5)cc5c3B4c3ccc(N(C4=C6C=C(C(C)(C)C)C7=CC=CC8=CC(C(C)(C)C)=C(C=C4)C6C87)c4ccccc4)cc3N5c3c(-c4ccccc4)cccc3-c3ccccc3)C=CC3=C(C(C)(C)C)C=C4C=CC=C1C4C23. The van der Waals surface area contributed by atoms with Crippen LogP contribution < -0.4 is 36.0 Å². The van der Waals surface area contributed by atoms with E-state index in [-0.39, 0.29) is 46.6 Å². The molecule has 12 aromatic rings. The number of hydrogen-bond acceptors (Lipinski definition) is 4. The third-order valence-corrected chi connectivity index (χ3v) is 27.1. The summed E-state index contributed by atoms with van der Waals surface area (Å²) in [5.74, 6) is 0.536. The number of benzene rings is 12. The number of allylic oxidation sites excluding steroid dienone is 26. The predicted molar refractivity (Wildman–Crippen MR) is 516 cm³/mol. The Morgan fingerprint density at radius 2 is 0.664 bits per heavy atom. The lowest BCUT2D eigenvalue weighted by Gasteiger charge is -2.48. The number of fused-ring (bicyclic) bond motifs is 4. The average Bonchev–Trinajstić information content (AvgIpc) is 0.675. The minimum absolute atomic E-state index is 0.0835. The second-order valence-electron chi connectivity index (χ2n) is 37.5. The number of nitrogens with zero attached hydrogens (tertiary/aromatic N) is 4. The summed E-state index contributed by atoms with van der Waals surface area (Å²) in [4.78, 5) is 10.7. The lowest BCUT2D eigenvalue weighted by Crippen LogP contribution is -2.61. The van der Waals surface area contributed by atoms with Crippen molar-refractivity contribution in [1.82, 2.24) is 0 Å². The molecule has 0 saturated heterocycles. The van der Waals surface area contributed by atoms with Crippen molar-refractivity contribution in [2.75, 3.05) is 19.6 Å². The van der Waals surface area contributed by atoms with Crippen LogP contribution in [0.3, 0.4) is 0 Å². The van der Waals surface area contributed by atoms with Crippen LogP contribution in [0.4, 0.5) is 56.9 Å². The van der Waals surface area contributed by atoms with E-state index in [9.17, 15) is 0 Å². The molecule has 12 aromatic carbocycles. The first-order valence-electron chi connectivity index (χ1n) is 43.6. The van der Waals surface area contributed by atoms with E-state index in [0.29, 0.717) is 0 Å². The summed E-state index contributed by atoms with van der Waals surface area (Å²) < 4.78 is 0. The fourth-order valence-corrected chi connectivity index (χ4v) is 21.8. The van der Waals surface area contributed by atoms with Gasteiger partial charge in [-0.3, -0.25) is 0 Å². The summed E-state index contributed by atoms with van der Waals surface area (Å²) in [7, 11) is 0. The molecule has 0 spiro atoms. The number of hydrogen-bond donors (Lipinski definition) is 0. The molecule has 0 saturated carbocycles. The molecule has 4 unspecified atom stereocenters. The van der Waals surface area contributed by atoms with E-state index in [2.05, 4.69) is 471 Å². The molecule has 0 fully saturated rings. The quantitative estimate of drug-likeness (QED) is 0.107. The Morgan fingerprint density at radius 1 is 0.295 bits per heavy atom. The van der Waals surface area contributed by atoms with Crippen molar-refractivity contribution >= 4 is 80.0 Å². The van der Waals surface area contributed by atoms with Gasteiger partial charge in [0.05, 0.1) is 11.4 Å². The van der Waals surface area contributed by atoms with Crippen molar-refractivity contribution in [2.24, 2.45) is 39.9 Å². The smallest absolute Gasteiger partial charge is 0.252 e. The lowest BCUT2D eigenvalue weighted by atomic mass is 9.33. The van der Waals surface area contributed by atoms with Crippen LogP contribution in [0, 0.1) is 39.9 Å². The van der Waals surface area contributed by atoms with E-state index in [1.165, 1.54) is 94.7 Å². The van der Waals surface area contributed by atoms with Crippen molar-refractivity contribution in [3.63, 3.8) is 0 Å². The Labute approximate surface area is 720 Å². The van der Waals surface area contributed by atoms with Crippen LogP contribution in [0.1, 0.15) is 69.2 Å². The highest BCUT2D eigenvalue weighted by molar-refractivity contribution is 7.00. The third kappa shape index (κ3) is 12.1. The third-order valence-electron chi connectivity index (χ3n) is 27.1. The van der Waals surface area contributed by atoms with Crippen molar-refractivity contribution in [2.45, 2.75) is 69.2 Å². The first kappa shape index (κ1) is 74.5. The van der Waals surface area contributed by atoms with Gasteiger partial charge in [0.2, 0.25) is 0 Å². The molecule has 0 N–H and O–H groups in total. The first-order valence-corrected chi connectivity index (χ1v) is 43.6. The van der Waals surface area contributed by atoms with Crippen molar-refractivity contribution in [3.8, 4) is 55.6 Å². The molecule has 5 heteroatoms. The number of anilines is 10. The first-order chi connectivity index (χ1) is 59.4. The molecular weight excluding hydrogens is 1470 g/mol. The second kappa shape index (κ2) is 28.7. The average molecular weight is 1570 g/mol. The minimum atomic E-state index is -0.317. The molecule has 4 nitrogen and oxygen atoms in total. The summed E-state index contributed by atoms with van der Waals surface area (Å²) in [5, 5.41) is 0. The molecule has 10 aliphatic rings. The lowest BCUT2D eigenvalue weighted by molar-refractivity contribution is 0.442. The highest BCUT2D eigenvalue weighted by Crippen LogP contribution is 2.62. The zero-order valence-electron chi connectivity index (χ0n) is 71.0. The van der Waals surface area contributed by atoms with Gasteiger partial charge in [0.25, 0.3) is 6.71 Å². The van der Waals surface area contributed by atoms with Crippen LogP contribution >= 0.6 is 0 Å². The summed E-state index contributed by atoms with van der Waals surface area (Å²) in [5.41, 5.74) is 44.5. The van der Waals surface area contributed by atoms with Gasteiger partial charge in [-0.2, -0.15) is 0 Å². The van der Waals surface area contributed by atoms with Gasteiger partial charge in [0.1, 0.15) is 0 Å². The van der Waals surface area contributed by atoms with E-state index in [1.54, 1.807) is 0 Å². The topological polar surface area (TPSA) is 13.0 Å². The monoisotopic (exact) mass is 1570 g/mol. The van der Waals surface area contributed by atoms with Crippen LogP contribution in [0.25, 0.3) is 55.6 Å². The van der Waals surface area contributed by atoms with Gasteiger partial charge < -0.3 is 19.6 Å². The number of para-hydroxylation sites is 4. The fourth-order valence-electron chi connectivity index (χ4n) is 21.8. The zero-order chi connectivity index (χ0) is 82.6. The van der Waals surface area contributed by atoms with Gasteiger partial charge in [-0.05, 0) is 213 Å². The molecule has 0 radical (unpaired) electrons. The van der Waals surface area contributed by atoms with Gasteiger partial charge in [-0.1, -0.05) is 372 Å². The predicted octanol–water partition coefficient (Wildman–Crippen LogP) is 29.0. The van der Waals surface area contributed by atoms with Crippen LogP contribution in [0.2, 0.25) is 0 Å². The molecule has 8 aliphatic carbocycles. The molecule has 22 rings (SSSR count). The second-order valence-corrected chi connectivity index (χ2v) is 37.5. The van der Waals surface area contributed by atoms with E-state index in [0.717, 1.165) is 113 Å². The largest absolute Gasteiger partial charge is 0.310 e. The molecule has 588 valence electrons. The molecule has 122 heavy (non-hydrogen) atoms. The van der Waals surface area contributed by atoms with E-state index in [1.807, 2.05) is 0 Å². The number of rotatable bonds is 13. The fraction of sp³-hybridized carbons (Fsp3) is 0.145. The van der Waals surface area contributed by atoms with Crippen LogP contribution in [0.15, 0.2) is 461 Å². The van der Waals surface area contributed by atoms with Gasteiger partial charge in [-0.15, -0.1) is 0 Å². The van der Waals surface area contributed by atoms with Crippen molar-refractivity contribution < 1.29 is 0 Å². The Bertz CT molecular complexity index is 6720. The molecule has 0 aromatic heterocycles. The van der Waals surface area contributed by atoms with Crippen molar-refractivity contribution in [3.05, 3.63) is 461 Å². The Hall–Kier alpha value is -13.7. The molecule has 4 atom stereocenters. The van der Waals surface area contributed by atoms with Crippen LogP contribution in [-0.4, -0.2) is 6.71 Å². The Morgan fingerprint density at radius 3 is 1.06 bits per heavy atom. The van der Waals surface area contributed by atoms with Gasteiger partial charge >= 0.3 is 0 Å². The Balaban J connectivity index is 0.873. The summed E-state index contributed by atoms with van der Waals surface area (Å²) >= 11 is 0. The highest BCUT2D eigenvalue weighted by Gasteiger charge is 2.51. The van der Waals surface area contributed by atoms with E-state index < -0.39 is 0 Å². The summed E-state index contributed by atoms with van der Waals surface area (Å²) in [6.07, 6.45) is 34.3. The zero-order valence-corrected chi connectivity index (χ0v) is 71.0. The van der Waals surface area contributed by atoms with E-state index >= 15 is 0 Å². The maximum Gasteiger partial charge on any atom is 0.252 e. The normalized spacial score (nSPS) is 18.7. The van der Waals surface area contributed by atoms with E-state index in [4.69, 9.17) is 0 Å². The van der Waals surface area contributed by atoms with Crippen LogP contribution in [-0.2, 0) is 0 Å². The van der Waals surface area contributed by atoms with Gasteiger partial charge in [0, 0.05) is 103 Å². The molecule has 0 bridgehead atoms. The standard InChI is InChI=1S/C117H97BN4/c1-74-66-95-102(64-60-93-97(115(2,3)4)67-80-46-32-52-87(74)108(80)110(93)95)119(83-48-28-16-29-49-83)85-58-62-100-104(71-85)121(113-88(76-38-20-12-21-39-76)53-34-54-89(113)77-40-22-13-23-41-77)106-69-82(75-36-18-11-19-37-75)70-107-112(106)118(100)101-63-59-86(72-105(101)122(107)114-90(78-42-24-14-25-43-78)55-35-56-91(114)79-44-26-15-27-45-79)120(84-50-30-17-31-51-84)103-65-61-94-98(116(5,6)7)68-81-47-33-57-92-99(117(8,9)10)73-96(103)111(94)109(81)92/h11-73,108-111H,1-10H3. The molecule has 2 heterocycles. The van der Waals surface area contributed by atoms with Gasteiger partial charge in [-0.25, -0.2) is 0 Å². The summed E-state index contributed by atoms with van der Waals surface area (Å²) in [6, 6.07) is 113. The summed E-state index contributed by atoms with van der Waals surface area (Å²) in [6.45, 7) is 23.6.